The van der Waals surface area contributed by atoms with Gasteiger partial charge in [0.2, 0.25) is 12.7 Å². The van der Waals surface area contributed by atoms with Gasteiger partial charge < -0.3 is 20.1 Å². The van der Waals surface area contributed by atoms with Gasteiger partial charge in [-0.1, -0.05) is 18.5 Å². The first kappa shape index (κ1) is 13.0. The molecule has 1 aliphatic rings. The highest BCUT2D eigenvalue weighted by Gasteiger charge is 2.19. The fraction of sp³-hybridized carbons (Fsp3) is 0.417. The highest BCUT2D eigenvalue weighted by molar-refractivity contribution is 6.34. The van der Waals surface area contributed by atoms with Crippen molar-refractivity contribution in [2.24, 2.45) is 5.92 Å². The molecule has 2 N–H and O–H groups in total. The molecule has 1 unspecified atom stereocenters. The summed E-state index contributed by atoms with van der Waals surface area (Å²) < 4.78 is 10.4. The number of halogens is 1. The maximum Gasteiger partial charge on any atom is 0.231 e. The molecule has 1 atom stereocenters. The lowest BCUT2D eigenvalue weighted by atomic mass is 10.1. The van der Waals surface area contributed by atoms with Gasteiger partial charge in [0.05, 0.1) is 10.7 Å². The molecule has 5 nitrogen and oxygen atoms in total. The molecule has 0 aliphatic carbocycles. The lowest BCUT2D eigenvalue weighted by Gasteiger charge is -2.13. The molecule has 1 heterocycles. The predicted octanol–water partition coefficient (Wildman–Crippen LogP) is 1.86. The minimum atomic E-state index is -0.142. The van der Waals surface area contributed by atoms with Gasteiger partial charge in [-0.15, -0.1) is 0 Å². The maximum atomic E-state index is 11.9. The number of hydrogen-bond acceptors (Lipinski definition) is 4. The number of nitrogens with one attached hydrogen (secondary N) is 2. The Balaban J connectivity index is 2.12. The third-order valence-corrected chi connectivity index (χ3v) is 2.99. The Labute approximate surface area is 110 Å². The van der Waals surface area contributed by atoms with Gasteiger partial charge in [0.1, 0.15) is 0 Å². The van der Waals surface area contributed by atoms with Crippen LogP contribution in [-0.2, 0) is 4.79 Å². The first-order valence-electron chi connectivity index (χ1n) is 5.66. The molecule has 1 amide bonds. The minimum absolute atomic E-state index is 0.0925. The van der Waals surface area contributed by atoms with E-state index in [2.05, 4.69) is 10.6 Å². The number of benzene rings is 1. The van der Waals surface area contributed by atoms with Crippen LogP contribution in [0.25, 0.3) is 0 Å². The zero-order valence-electron chi connectivity index (χ0n) is 10.2. The molecule has 0 spiro atoms. The van der Waals surface area contributed by atoms with E-state index in [1.165, 1.54) is 0 Å². The van der Waals surface area contributed by atoms with Gasteiger partial charge in [-0.25, -0.2) is 0 Å². The summed E-state index contributed by atoms with van der Waals surface area (Å²) in [5, 5.41) is 6.16. The molecule has 1 aromatic rings. The number of amides is 1. The van der Waals surface area contributed by atoms with Gasteiger partial charge in [0.15, 0.2) is 11.5 Å². The summed E-state index contributed by atoms with van der Waals surface area (Å²) in [4.78, 5) is 11.9. The minimum Gasteiger partial charge on any atom is -0.454 e. The van der Waals surface area contributed by atoms with Crippen molar-refractivity contribution < 1.29 is 14.3 Å². The summed E-state index contributed by atoms with van der Waals surface area (Å²) in [6.45, 7) is 2.62. The quantitative estimate of drug-likeness (QED) is 0.877. The molecule has 0 fully saturated rings. The van der Waals surface area contributed by atoms with Gasteiger partial charge in [0.25, 0.3) is 0 Å². The van der Waals surface area contributed by atoms with E-state index >= 15 is 0 Å². The highest BCUT2D eigenvalue weighted by Crippen LogP contribution is 2.39. The van der Waals surface area contributed by atoms with Crippen molar-refractivity contribution in [3.8, 4) is 11.5 Å². The molecule has 0 saturated heterocycles. The van der Waals surface area contributed by atoms with Crippen LogP contribution in [0.15, 0.2) is 12.1 Å². The Bertz CT molecular complexity index is 465. The van der Waals surface area contributed by atoms with Gasteiger partial charge in [-0.05, 0) is 7.05 Å². The van der Waals surface area contributed by atoms with Crippen LogP contribution in [0.3, 0.4) is 0 Å². The van der Waals surface area contributed by atoms with Crippen molar-refractivity contribution in [1.82, 2.24) is 5.32 Å². The van der Waals surface area contributed by atoms with E-state index in [-0.39, 0.29) is 18.6 Å². The molecule has 1 aromatic carbocycles. The largest absolute Gasteiger partial charge is 0.454 e. The van der Waals surface area contributed by atoms with Crippen molar-refractivity contribution in [1.29, 1.82) is 0 Å². The standard InChI is InChI=1S/C12H15ClN2O3/c1-7(5-14-2)12(16)15-9-4-11-10(3-8(9)13)17-6-18-11/h3-4,7,14H,5-6H2,1-2H3,(H,15,16). The second-order valence-corrected chi connectivity index (χ2v) is 4.54. The predicted molar refractivity (Wildman–Crippen MR) is 69.3 cm³/mol. The van der Waals surface area contributed by atoms with E-state index in [1.807, 2.05) is 6.92 Å². The van der Waals surface area contributed by atoms with Crippen LogP contribution in [-0.4, -0.2) is 26.3 Å². The van der Waals surface area contributed by atoms with Crippen LogP contribution in [0.4, 0.5) is 5.69 Å². The highest BCUT2D eigenvalue weighted by atomic mass is 35.5. The first-order chi connectivity index (χ1) is 8.61. The van der Waals surface area contributed by atoms with Gasteiger partial charge in [0, 0.05) is 24.6 Å². The van der Waals surface area contributed by atoms with Crippen molar-refractivity contribution >= 4 is 23.2 Å². The second kappa shape index (κ2) is 5.46. The topological polar surface area (TPSA) is 59.6 Å². The number of hydrogen-bond donors (Lipinski definition) is 2. The lowest BCUT2D eigenvalue weighted by molar-refractivity contribution is -0.119. The molecule has 0 aromatic heterocycles. The first-order valence-corrected chi connectivity index (χ1v) is 6.04. The molecule has 0 saturated carbocycles. The summed E-state index contributed by atoms with van der Waals surface area (Å²) in [6.07, 6.45) is 0. The number of carbonyl (C=O) groups is 1. The van der Waals surface area contributed by atoms with Crippen molar-refractivity contribution in [3.63, 3.8) is 0 Å². The summed E-state index contributed by atoms with van der Waals surface area (Å²) in [5.41, 5.74) is 0.536. The molecule has 6 heteroatoms. The molecule has 0 radical (unpaired) electrons. The van der Waals surface area contributed by atoms with E-state index < -0.39 is 0 Å². The Kier molecular flexibility index (Phi) is 3.93. The zero-order valence-corrected chi connectivity index (χ0v) is 11.0. The molecule has 1 aliphatic heterocycles. The Morgan fingerprint density at radius 1 is 1.44 bits per heavy atom. The molecular weight excluding hydrogens is 256 g/mol. The van der Waals surface area contributed by atoms with E-state index in [1.54, 1.807) is 19.2 Å². The van der Waals surface area contributed by atoms with Crippen molar-refractivity contribution in [3.05, 3.63) is 17.2 Å². The fourth-order valence-corrected chi connectivity index (χ4v) is 1.87. The summed E-state index contributed by atoms with van der Waals surface area (Å²) in [6, 6.07) is 3.32. The molecular formula is C12H15ClN2O3. The van der Waals surface area contributed by atoms with E-state index in [0.717, 1.165) is 0 Å². The van der Waals surface area contributed by atoms with E-state index in [0.29, 0.717) is 28.8 Å². The number of fused-ring (bicyclic) bond motifs is 1. The molecule has 2 rings (SSSR count). The van der Waals surface area contributed by atoms with Crippen LogP contribution in [0.5, 0.6) is 11.5 Å². The zero-order chi connectivity index (χ0) is 13.1. The number of ether oxygens (including phenoxy) is 2. The van der Waals surface area contributed by atoms with Crippen molar-refractivity contribution in [2.45, 2.75) is 6.92 Å². The SMILES string of the molecule is CNCC(C)C(=O)Nc1cc2c(cc1Cl)OCO2. The third-order valence-electron chi connectivity index (χ3n) is 2.68. The lowest BCUT2D eigenvalue weighted by Crippen LogP contribution is -2.28. The van der Waals surface area contributed by atoms with Crippen LogP contribution in [0, 0.1) is 5.92 Å². The average Bonchev–Trinajstić information content (AvgIpc) is 2.76. The monoisotopic (exact) mass is 270 g/mol. The molecule has 98 valence electrons. The normalized spacial score (nSPS) is 14.4. The van der Waals surface area contributed by atoms with Crippen LogP contribution in [0.2, 0.25) is 5.02 Å². The van der Waals surface area contributed by atoms with Crippen molar-refractivity contribution in [2.75, 3.05) is 25.7 Å². The summed E-state index contributed by atoms with van der Waals surface area (Å²) in [5.74, 6) is 0.957. The Hall–Kier alpha value is -1.46. The van der Waals surface area contributed by atoms with Crippen LogP contribution >= 0.6 is 11.6 Å². The average molecular weight is 271 g/mol. The summed E-state index contributed by atoms with van der Waals surface area (Å²) >= 11 is 6.07. The van der Waals surface area contributed by atoms with Gasteiger partial charge in [-0.3, -0.25) is 4.79 Å². The van der Waals surface area contributed by atoms with E-state index in [9.17, 15) is 4.79 Å². The maximum absolute atomic E-state index is 11.9. The number of rotatable bonds is 4. The molecule has 18 heavy (non-hydrogen) atoms. The Morgan fingerprint density at radius 3 is 2.78 bits per heavy atom. The summed E-state index contributed by atoms with van der Waals surface area (Å²) in [7, 11) is 1.80. The Morgan fingerprint density at radius 2 is 2.11 bits per heavy atom. The number of carbonyl (C=O) groups excluding carboxylic acids is 1. The van der Waals surface area contributed by atoms with Crippen LogP contribution < -0.4 is 20.1 Å². The van der Waals surface area contributed by atoms with Gasteiger partial charge >= 0.3 is 0 Å². The third kappa shape index (κ3) is 2.68. The fourth-order valence-electron chi connectivity index (χ4n) is 1.67. The van der Waals surface area contributed by atoms with E-state index in [4.69, 9.17) is 21.1 Å². The smallest absolute Gasteiger partial charge is 0.231 e. The van der Waals surface area contributed by atoms with Gasteiger partial charge in [-0.2, -0.15) is 0 Å². The molecule has 0 bridgehead atoms. The number of anilines is 1. The second-order valence-electron chi connectivity index (χ2n) is 4.13. The van der Waals surface area contributed by atoms with Crippen LogP contribution in [0.1, 0.15) is 6.92 Å².